The van der Waals surface area contributed by atoms with Crippen LogP contribution in [0.15, 0.2) is 6.07 Å². The Morgan fingerprint density at radius 1 is 1.29 bits per heavy atom. The molecule has 0 saturated heterocycles. The summed E-state index contributed by atoms with van der Waals surface area (Å²) in [6.45, 7) is 1.84. The van der Waals surface area contributed by atoms with Crippen LogP contribution in [0.4, 0.5) is 5.13 Å². The molecular formula is C14H15N3OS3. The average molecular weight is 337 g/mol. The van der Waals surface area contributed by atoms with E-state index in [9.17, 15) is 4.79 Å². The molecule has 1 amide bonds. The van der Waals surface area contributed by atoms with Crippen molar-refractivity contribution in [2.75, 3.05) is 17.6 Å². The van der Waals surface area contributed by atoms with Crippen LogP contribution in [-0.2, 0) is 25.1 Å². The molecule has 7 heteroatoms. The van der Waals surface area contributed by atoms with E-state index in [1.54, 1.807) is 22.7 Å². The third-order valence-corrected chi connectivity index (χ3v) is 6.93. The van der Waals surface area contributed by atoms with Crippen molar-refractivity contribution >= 4 is 45.5 Å². The smallest absolute Gasteiger partial charge is 0.267 e. The molecule has 2 aromatic rings. The van der Waals surface area contributed by atoms with Crippen molar-refractivity contribution in [1.29, 1.82) is 0 Å². The molecule has 0 fully saturated rings. The number of aromatic nitrogens is 1. The second-order valence-corrected chi connectivity index (χ2v) is 8.46. The van der Waals surface area contributed by atoms with Crippen LogP contribution < -0.4 is 10.6 Å². The number of thiazole rings is 1. The number of carbonyl (C=O) groups excluding carboxylic acids is 1. The Labute approximate surface area is 135 Å². The lowest BCUT2D eigenvalue weighted by Gasteiger charge is -2.09. The monoisotopic (exact) mass is 337 g/mol. The second-order valence-electron chi connectivity index (χ2n) is 5.13. The summed E-state index contributed by atoms with van der Waals surface area (Å²) in [6.07, 6.45) is 2.04. The number of amides is 1. The predicted octanol–water partition coefficient (Wildman–Crippen LogP) is 2.89. The van der Waals surface area contributed by atoms with Gasteiger partial charge in [0.05, 0.1) is 10.6 Å². The van der Waals surface area contributed by atoms with Crippen molar-refractivity contribution in [3.8, 4) is 0 Å². The van der Waals surface area contributed by atoms with Gasteiger partial charge in [0.1, 0.15) is 0 Å². The van der Waals surface area contributed by atoms with E-state index >= 15 is 0 Å². The Morgan fingerprint density at radius 3 is 3.10 bits per heavy atom. The van der Waals surface area contributed by atoms with Gasteiger partial charge in [0.25, 0.3) is 5.91 Å². The van der Waals surface area contributed by atoms with E-state index < -0.39 is 0 Å². The minimum absolute atomic E-state index is 0.0153. The molecule has 0 bridgehead atoms. The molecule has 2 aromatic heterocycles. The van der Waals surface area contributed by atoms with Gasteiger partial charge < -0.3 is 5.32 Å². The van der Waals surface area contributed by atoms with Gasteiger partial charge in [-0.25, -0.2) is 4.98 Å². The van der Waals surface area contributed by atoms with Crippen molar-refractivity contribution in [1.82, 2.24) is 10.3 Å². The molecule has 2 aliphatic rings. The zero-order chi connectivity index (χ0) is 14.2. The molecule has 4 heterocycles. The number of hydrogen-bond acceptors (Lipinski definition) is 6. The Balaban J connectivity index is 1.52. The van der Waals surface area contributed by atoms with Gasteiger partial charge in [-0.2, -0.15) is 11.8 Å². The van der Waals surface area contributed by atoms with Crippen molar-refractivity contribution in [3.63, 3.8) is 0 Å². The Bertz CT molecular complexity index is 645. The molecule has 4 rings (SSSR count). The summed E-state index contributed by atoms with van der Waals surface area (Å²) in [5, 5.41) is 7.03. The highest BCUT2D eigenvalue weighted by Crippen LogP contribution is 2.32. The predicted molar refractivity (Wildman–Crippen MR) is 89.7 cm³/mol. The van der Waals surface area contributed by atoms with Crippen LogP contribution in [0.1, 0.15) is 30.7 Å². The molecule has 0 spiro atoms. The molecule has 0 aromatic carbocycles. The lowest BCUT2D eigenvalue weighted by atomic mass is 10.2. The number of nitrogens with zero attached hydrogens (tertiary/aromatic N) is 1. The number of hydrogen-bond donors (Lipinski definition) is 2. The number of nitrogens with one attached hydrogen (secondary N) is 2. The molecule has 2 aliphatic heterocycles. The van der Waals surface area contributed by atoms with Gasteiger partial charge in [-0.3, -0.25) is 10.1 Å². The number of thioether (sulfide) groups is 1. The highest BCUT2D eigenvalue weighted by molar-refractivity contribution is 7.98. The molecular weight excluding hydrogens is 322 g/mol. The van der Waals surface area contributed by atoms with E-state index in [0.29, 0.717) is 0 Å². The topological polar surface area (TPSA) is 54.0 Å². The Morgan fingerprint density at radius 2 is 2.24 bits per heavy atom. The third-order valence-electron chi connectivity index (χ3n) is 3.67. The normalized spacial score (nSPS) is 17.1. The number of fused-ring (bicyclic) bond motifs is 2. The number of carbonyl (C=O) groups is 1. The minimum atomic E-state index is -0.0153. The van der Waals surface area contributed by atoms with Gasteiger partial charge in [-0.1, -0.05) is 0 Å². The van der Waals surface area contributed by atoms with Crippen LogP contribution >= 0.6 is 34.4 Å². The van der Waals surface area contributed by atoms with E-state index in [-0.39, 0.29) is 5.91 Å². The van der Waals surface area contributed by atoms with Crippen LogP contribution in [0, 0.1) is 0 Å². The van der Waals surface area contributed by atoms with Crippen LogP contribution in [0.5, 0.6) is 0 Å². The van der Waals surface area contributed by atoms with Crippen LogP contribution in [-0.4, -0.2) is 23.2 Å². The Kier molecular flexibility index (Phi) is 3.74. The van der Waals surface area contributed by atoms with E-state index in [0.717, 1.165) is 47.4 Å². The molecule has 2 N–H and O–H groups in total. The summed E-state index contributed by atoms with van der Waals surface area (Å²) in [7, 11) is 0. The highest BCUT2D eigenvalue weighted by Gasteiger charge is 2.20. The fraction of sp³-hybridized carbons (Fsp3) is 0.429. The van der Waals surface area contributed by atoms with Gasteiger partial charge in [0, 0.05) is 35.0 Å². The van der Waals surface area contributed by atoms with E-state index in [2.05, 4.69) is 21.7 Å². The highest BCUT2D eigenvalue weighted by atomic mass is 32.2. The first-order valence-corrected chi connectivity index (χ1v) is 9.78. The molecule has 110 valence electrons. The fourth-order valence-electron chi connectivity index (χ4n) is 2.60. The molecule has 21 heavy (non-hydrogen) atoms. The summed E-state index contributed by atoms with van der Waals surface area (Å²) in [5.41, 5.74) is 2.47. The lowest BCUT2D eigenvalue weighted by molar-refractivity contribution is 0.103. The first kappa shape index (κ1) is 13.8. The maximum atomic E-state index is 12.4. The third kappa shape index (κ3) is 2.75. The van der Waals surface area contributed by atoms with E-state index in [1.807, 2.05) is 11.8 Å². The first-order valence-electron chi connectivity index (χ1n) is 6.99. The largest absolute Gasteiger partial charge is 0.311 e. The van der Waals surface area contributed by atoms with E-state index in [1.165, 1.54) is 21.1 Å². The molecule has 0 saturated carbocycles. The van der Waals surface area contributed by atoms with Crippen LogP contribution in [0.3, 0.4) is 0 Å². The van der Waals surface area contributed by atoms with Gasteiger partial charge in [0.15, 0.2) is 5.13 Å². The van der Waals surface area contributed by atoms with Crippen molar-refractivity contribution in [2.45, 2.75) is 25.1 Å². The number of aryl methyl sites for hydroxylation is 1. The number of thiophene rings is 1. The zero-order valence-corrected chi connectivity index (χ0v) is 13.8. The van der Waals surface area contributed by atoms with Gasteiger partial charge in [-0.05, 0) is 23.8 Å². The average Bonchev–Trinajstić information content (AvgIpc) is 3.10. The first-order chi connectivity index (χ1) is 10.3. The summed E-state index contributed by atoms with van der Waals surface area (Å²) >= 11 is 5.17. The Hall–Kier alpha value is -0.890. The summed E-state index contributed by atoms with van der Waals surface area (Å²) < 4.78 is 0. The number of rotatable bonds is 2. The summed E-state index contributed by atoms with van der Waals surface area (Å²) in [5.74, 6) is 2.19. The van der Waals surface area contributed by atoms with Crippen molar-refractivity contribution in [3.05, 3.63) is 32.0 Å². The van der Waals surface area contributed by atoms with Crippen molar-refractivity contribution in [2.24, 2.45) is 0 Å². The van der Waals surface area contributed by atoms with E-state index in [4.69, 9.17) is 0 Å². The SMILES string of the molecule is O=C(Nc1nc2c(s1)CNCC2)c1cc2c(s1)CCSC2. The van der Waals surface area contributed by atoms with Gasteiger partial charge in [-0.15, -0.1) is 22.7 Å². The standard InChI is InChI=1S/C14H15N3OS3/c18-13(11-5-8-7-19-4-2-10(8)20-11)17-14-16-9-1-3-15-6-12(9)21-14/h5,15H,1-4,6-7H2,(H,16,17,18). The maximum Gasteiger partial charge on any atom is 0.267 e. The molecule has 0 radical (unpaired) electrons. The van der Waals surface area contributed by atoms with Gasteiger partial charge in [0.2, 0.25) is 0 Å². The summed E-state index contributed by atoms with van der Waals surface area (Å²) in [6, 6.07) is 2.05. The van der Waals surface area contributed by atoms with Crippen LogP contribution in [0.2, 0.25) is 0 Å². The zero-order valence-electron chi connectivity index (χ0n) is 11.4. The van der Waals surface area contributed by atoms with Gasteiger partial charge >= 0.3 is 0 Å². The minimum Gasteiger partial charge on any atom is -0.311 e. The lowest BCUT2D eigenvalue weighted by Crippen LogP contribution is -2.22. The summed E-state index contributed by atoms with van der Waals surface area (Å²) in [4.78, 5) is 20.4. The second kappa shape index (κ2) is 5.72. The fourth-order valence-corrected chi connectivity index (χ4v) is 5.84. The molecule has 0 atom stereocenters. The molecule has 4 nitrogen and oxygen atoms in total. The quantitative estimate of drug-likeness (QED) is 0.885. The molecule has 0 aliphatic carbocycles. The maximum absolute atomic E-state index is 12.4. The number of anilines is 1. The van der Waals surface area contributed by atoms with Crippen LogP contribution in [0.25, 0.3) is 0 Å². The molecule has 0 unspecified atom stereocenters. The van der Waals surface area contributed by atoms with Crippen molar-refractivity contribution < 1.29 is 4.79 Å².